The van der Waals surface area contributed by atoms with Crippen LogP contribution in [0.5, 0.6) is 5.75 Å². The van der Waals surface area contributed by atoms with Crippen molar-refractivity contribution in [3.05, 3.63) is 53.6 Å². The number of fused-ring (bicyclic) bond motifs is 1. The summed E-state index contributed by atoms with van der Waals surface area (Å²) < 4.78 is 6.74. The van der Waals surface area contributed by atoms with Gasteiger partial charge in [0.05, 0.1) is 16.3 Å². The van der Waals surface area contributed by atoms with Crippen molar-refractivity contribution < 1.29 is 9.53 Å². The van der Waals surface area contributed by atoms with Gasteiger partial charge in [0.1, 0.15) is 5.75 Å². The highest BCUT2D eigenvalue weighted by molar-refractivity contribution is 7.80. The van der Waals surface area contributed by atoms with Gasteiger partial charge in [0.25, 0.3) is 5.91 Å². The summed E-state index contributed by atoms with van der Waals surface area (Å²) in [5.74, 6) is 0.358. The van der Waals surface area contributed by atoms with Crippen molar-refractivity contribution in [1.29, 1.82) is 0 Å². The van der Waals surface area contributed by atoms with Crippen molar-refractivity contribution in [2.45, 2.75) is 46.1 Å². The molecule has 0 spiro atoms. The van der Waals surface area contributed by atoms with Crippen LogP contribution < -0.4 is 15.4 Å². The van der Waals surface area contributed by atoms with Crippen molar-refractivity contribution in [3.63, 3.8) is 0 Å². The number of ether oxygens (including phenoxy) is 1. The largest absolute Gasteiger partial charge is 0.491 e. The van der Waals surface area contributed by atoms with E-state index in [1.54, 1.807) is 18.2 Å². The summed E-state index contributed by atoms with van der Waals surface area (Å²) in [6.07, 6.45) is 3.46. The molecular formula is C22H25N3O2S2. The SMILES string of the molecule is CCCCc1ccc2nc(NC(=S)NC(=O)c3cccc(OC(C)C)c3)sc2c1. The molecule has 0 saturated heterocycles. The first-order valence-corrected chi connectivity index (χ1v) is 11.0. The first-order valence-electron chi connectivity index (χ1n) is 9.73. The first-order chi connectivity index (χ1) is 13.9. The Morgan fingerprint density at radius 3 is 2.83 bits per heavy atom. The van der Waals surface area contributed by atoms with Crippen LogP contribution in [0.2, 0.25) is 0 Å². The lowest BCUT2D eigenvalue weighted by atomic mass is 10.1. The summed E-state index contributed by atoms with van der Waals surface area (Å²) in [5.41, 5.74) is 2.72. The van der Waals surface area contributed by atoms with Crippen molar-refractivity contribution in [2.75, 3.05) is 5.32 Å². The van der Waals surface area contributed by atoms with Gasteiger partial charge in [-0.1, -0.05) is 36.8 Å². The number of anilines is 1. The number of carbonyl (C=O) groups excluding carboxylic acids is 1. The molecule has 0 atom stereocenters. The molecule has 0 fully saturated rings. The van der Waals surface area contributed by atoms with E-state index < -0.39 is 0 Å². The number of aromatic nitrogens is 1. The van der Waals surface area contributed by atoms with Crippen LogP contribution in [-0.4, -0.2) is 22.1 Å². The van der Waals surface area contributed by atoms with Gasteiger partial charge >= 0.3 is 0 Å². The van der Waals surface area contributed by atoms with Gasteiger partial charge in [0.15, 0.2) is 10.2 Å². The van der Waals surface area contributed by atoms with Crippen LogP contribution in [0.15, 0.2) is 42.5 Å². The number of nitrogens with one attached hydrogen (secondary N) is 2. The van der Waals surface area contributed by atoms with Crippen LogP contribution in [-0.2, 0) is 6.42 Å². The summed E-state index contributed by atoms with van der Waals surface area (Å²) in [6.45, 7) is 6.07. The predicted molar refractivity (Wildman–Crippen MR) is 124 cm³/mol. The lowest BCUT2D eigenvalue weighted by Crippen LogP contribution is -2.34. The van der Waals surface area contributed by atoms with Crippen molar-refractivity contribution in [3.8, 4) is 5.75 Å². The van der Waals surface area contributed by atoms with Gasteiger partial charge in [0, 0.05) is 5.56 Å². The number of thiazole rings is 1. The number of unbranched alkanes of at least 4 members (excludes halogenated alkanes) is 1. The Morgan fingerprint density at radius 1 is 1.24 bits per heavy atom. The number of benzene rings is 2. The zero-order chi connectivity index (χ0) is 20.8. The van der Waals surface area contributed by atoms with Gasteiger partial charge in [0.2, 0.25) is 0 Å². The Morgan fingerprint density at radius 2 is 2.07 bits per heavy atom. The fourth-order valence-corrected chi connectivity index (χ4v) is 4.03. The normalized spacial score (nSPS) is 10.9. The Hall–Kier alpha value is -2.51. The predicted octanol–water partition coefficient (Wildman–Crippen LogP) is 5.55. The third kappa shape index (κ3) is 5.98. The molecule has 2 N–H and O–H groups in total. The van der Waals surface area contributed by atoms with Crippen molar-refractivity contribution >= 4 is 49.9 Å². The first kappa shape index (κ1) is 21.2. The Kier molecular flexibility index (Phi) is 7.17. The Bertz CT molecular complexity index is 1010. The molecular weight excluding hydrogens is 402 g/mol. The van der Waals surface area contributed by atoms with Crippen LogP contribution in [0.1, 0.15) is 49.5 Å². The molecule has 5 nitrogen and oxygen atoms in total. The number of rotatable bonds is 7. The minimum Gasteiger partial charge on any atom is -0.491 e. The van der Waals surface area contributed by atoms with Crippen LogP contribution in [0, 0.1) is 0 Å². The molecule has 2 aromatic carbocycles. The van der Waals surface area contributed by atoms with E-state index in [0.29, 0.717) is 16.4 Å². The average Bonchev–Trinajstić information content (AvgIpc) is 3.07. The molecule has 0 aliphatic heterocycles. The number of aryl methyl sites for hydroxylation is 1. The zero-order valence-corrected chi connectivity index (χ0v) is 18.5. The summed E-state index contributed by atoms with van der Waals surface area (Å²) in [5, 5.41) is 6.60. The van der Waals surface area contributed by atoms with E-state index in [9.17, 15) is 4.79 Å². The van der Waals surface area contributed by atoms with Crippen LogP contribution >= 0.6 is 23.6 Å². The van der Waals surface area contributed by atoms with E-state index in [1.165, 1.54) is 29.7 Å². The van der Waals surface area contributed by atoms with E-state index >= 15 is 0 Å². The Balaban J connectivity index is 1.63. The summed E-state index contributed by atoms with van der Waals surface area (Å²) in [7, 11) is 0. The molecule has 152 valence electrons. The molecule has 3 rings (SSSR count). The van der Waals surface area contributed by atoms with Crippen LogP contribution in [0.3, 0.4) is 0 Å². The number of carbonyl (C=O) groups is 1. The Labute approximate surface area is 180 Å². The maximum atomic E-state index is 12.5. The fraction of sp³-hybridized carbons (Fsp3) is 0.318. The third-order valence-electron chi connectivity index (χ3n) is 4.19. The van der Waals surface area contributed by atoms with Gasteiger partial charge in [-0.25, -0.2) is 4.98 Å². The fourth-order valence-electron chi connectivity index (χ4n) is 2.85. The number of amides is 1. The minimum absolute atomic E-state index is 0.0394. The van der Waals surface area contributed by atoms with E-state index in [2.05, 4.69) is 34.7 Å². The van der Waals surface area contributed by atoms with Gasteiger partial charge in [-0.3, -0.25) is 10.1 Å². The zero-order valence-electron chi connectivity index (χ0n) is 16.8. The summed E-state index contributed by atoms with van der Waals surface area (Å²) in [6, 6.07) is 13.4. The lowest BCUT2D eigenvalue weighted by molar-refractivity contribution is 0.0977. The topological polar surface area (TPSA) is 63.2 Å². The van der Waals surface area contributed by atoms with E-state index in [1.807, 2.05) is 26.0 Å². The van der Waals surface area contributed by atoms with Gasteiger partial charge < -0.3 is 10.1 Å². The summed E-state index contributed by atoms with van der Waals surface area (Å²) >= 11 is 6.82. The molecule has 3 aromatic rings. The monoisotopic (exact) mass is 427 g/mol. The van der Waals surface area contributed by atoms with Gasteiger partial charge in [-0.2, -0.15) is 0 Å². The lowest BCUT2D eigenvalue weighted by Gasteiger charge is -2.11. The summed E-state index contributed by atoms with van der Waals surface area (Å²) in [4.78, 5) is 17.0. The molecule has 0 unspecified atom stereocenters. The molecule has 1 aromatic heterocycles. The molecule has 0 radical (unpaired) electrons. The highest BCUT2D eigenvalue weighted by Crippen LogP contribution is 2.27. The molecule has 1 amide bonds. The maximum Gasteiger partial charge on any atom is 0.257 e. The van der Waals surface area contributed by atoms with Crippen LogP contribution in [0.4, 0.5) is 5.13 Å². The number of nitrogens with zero attached hydrogens (tertiary/aromatic N) is 1. The molecule has 0 aliphatic carbocycles. The van der Waals surface area contributed by atoms with Crippen molar-refractivity contribution in [1.82, 2.24) is 10.3 Å². The van der Waals surface area contributed by atoms with Gasteiger partial charge in [-0.15, -0.1) is 0 Å². The smallest absolute Gasteiger partial charge is 0.257 e. The van der Waals surface area contributed by atoms with Crippen LogP contribution in [0.25, 0.3) is 10.2 Å². The highest BCUT2D eigenvalue weighted by atomic mass is 32.1. The maximum absolute atomic E-state index is 12.5. The quantitative estimate of drug-likeness (QED) is 0.484. The third-order valence-corrected chi connectivity index (χ3v) is 5.33. The number of thiocarbonyl (C=S) groups is 1. The highest BCUT2D eigenvalue weighted by Gasteiger charge is 2.12. The molecule has 0 saturated carbocycles. The number of hydrogen-bond donors (Lipinski definition) is 2. The molecule has 7 heteroatoms. The van der Waals surface area contributed by atoms with E-state index in [-0.39, 0.29) is 17.1 Å². The standard InChI is InChI=1S/C22H25N3O2S2/c1-4-5-7-15-10-11-18-19(12-15)29-22(23-18)25-21(28)24-20(26)16-8-6-9-17(13-16)27-14(2)3/h6,8-14H,4-5,7H2,1-3H3,(H2,23,24,25,26,28). The molecule has 29 heavy (non-hydrogen) atoms. The van der Waals surface area contributed by atoms with E-state index in [0.717, 1.165) is 16.6 Å². The van der Waals surface area contributed by atoms with E-state index in [4.69, 9.17) is 17.0 Å². The number of hydrogen-bond acceptors (Lipinski definition) is 5. The molecule has 0 aliphatic rings. The second kappa shape index (κ2) is 9.80. The van der Waals surface area contributed by atoms with Gasteiger partial charge in [-0.05, 0) is 74.8 Å². The molecule has 1 heterocycles. The second-order valence-electron chi connectivity index (χ2n) is 7.03. The van der Waals surface area contributed by atoms with Crippen molar-refractivity contribution in [2.24, 2.45) is 0 Å². The average molecular weight is 428 g/mol. The molecule has 0 bridgehead atoms. The second-order valence-corrected chi connectivity index (χ2v) is 8.47. The minimum atomic E-state index is -0.292.